The number of benzene rings is 1. The van der Waals surface area contributed by atoms with Crippen LogP contribution in [0.3, 0.4) is 0 Å². The van der Waals surface area contributed by atoms with E-state index in [0.29, 0.717) is 0 Å². The van der Waals surface area contributed by atoms with Gasteiger partial charge < -0.3 is 0 Å². The fraction of sp³-hybridized carbons (Fsp3) is 0.684. The molecule has 0 aromatic heterocycles. The number of aryl methyl sites for hydroxylation is 2. The molecular weight excluding hydrogens is 228 g/mol. The molecule has 0 saturated heterocycles. The summed E-state index contributed by atoms with van der Waals surface area (Å²) in [6.07, 6.45) is 14.8. The predicted octanol–water partition coefficient (Wildman–Crippen LogP) is 6.12. The number of rotatable bonds is 11. The van der Waals surface area contributed by atoms with Crippen LogP contribution in [0.25, 0.3) is 0 Å². The molecule has 1 aromatic carbocycles. The lowest BCUT2D eigenvalue weighted by Gasteiger charge is -2.09. The van der Waals surface area contributed by atoms with Crippen molar-refractivity contribution in [2.75, 3.05) is 0 Å². The van der Waals surface area contributed by atoms with Gasteiger partial charge in [0.05, 0.1) is 0 Å². The summed E-state index contributed by atoms with van der Waals surface area (Å²) in [5.41, 5.74) is 3.03. The number of unbranched alkanes of at least 4 members (excludes halogenated alkanes) is 7. The van der Waals surface area contributed by atoms with E-state index in [0.717, 1.165) is 0 Å². The van der Waals surface area contributed by atoms with Crippen LogP contribution in [0.5, 0.6) is 0 Å². The van der Waals surface area contributed by atoms with E-state index in [1.165, 1.54) is 76.2 Å². The predicted molar refractivity (Wildman–Crippen MR) is 85.6 cm³/mol. The fourth-order valence-electron chi connectivity index (χ4n) is 2.62. The Morgan fingerprint density at radius 1 is 0.789 bits per heavy atom. The van der Waals surface area contributed by atoms with Gasteiger partial charge >= 0.3 is 0 Å². The first-order valence-corrected chi connectivity index (χ1v) is 8.37. The van der Waals surface area contributed by atoms with Crippen LogP contribution in [-0.4, -0.2) is 0 Å². The summed E-state index contributed by atoms with van der Waals surface area (Å²) in [6.45, 7) is 4.55. The Labute approximate surface area is 120 Å². The molecule has 1 aromatic rings. The molecule has 0 aliphatic heterocycles. The molecule has 0 spiro atoms. The summed E-state index contributed by atoms with van der Waals surface area (Å²) >= 11 is 0. The third kappa shape index (κ3) is 7.40. The molecule has 0 atom stereocenters. The summed E-state index contributed by atoms with van der Waals surface area (Å²) in [7, 11) is 0. The second-order valence-corrected chi connectivity index (χ2v) is 5.65. The monoisotopic (exact) mass is 259 g/mol. The van der Waals surface area contributed by atoms with Crippen LogP contribution in [0.4, 0.5) is 0 Å². The van der Waals surface area contributed by atoms with E-state index in [4.69, 9.17) is 0 Å². The van der Waals surface area contributed by atoms with Gasteiger partial charge in [0, 0.05) is 0 Å². The second kappa shape index (κ2) is 11.1. The van der Waals surface area contributed by atoms with Gasteiger partial charge in [0.2, 0.25) is 0 Å². The molecule has 0 saturated carbocycles. The minimum absolute atomic E-state index is 1.23. The van der Waals surface area contributed by atoms with Crippen LogP contribution >= 0.6 is 0 Å². The lowest BCUT2D eigenvalue weighted by atomic mass is 9.97. The Morgan fingerprint density at radius 2 is 1.42 bits per heavy atom. The van der Waals surface area contributed by atoms with Gasteiger partial charge in [-0.2, -0.15) is 0 Å². The van der Waals surface area contributed by atoms with Gasteiger partial charge in [-0.05, 0) is 42.9 Å². The van der Waals surface area contributed by atoms with E-state index in [-0.39, 0.29) is 0 Å². The molecule has 0 heterocycles. The maximum absolute atomic E-state index is 3.47. The maximum atomic E-state index is 3.47. The molecule has 0 heteroatoms. The van der Waals surface area contributed by atoms with Crippen molar-refractivity contribution in [2.45, 2.75) is 84.5 Å². The maximum Gasteiger partial charge on any atom is -0.0146 e. The van der Waals surface area contributed by atoms with Crippen molar-refractivity contribution < 1.29 is 0 Å². The van der Waals surface area contributed by atoms with Crippen LogP contribution in [0.15, 0.2) is 18.2 Å². The largest absolute Gasteiger partial charge is 0.0654 e. The first kappa shape index (κ1) is 16.3. The quantitative estimate of drug-likeness (QED) is 0.420. The van der Waals surface area contributed by atoms with Crippen molar-refractivity contribution in [3.8, 4) is 0 Å². The van der Waals surface area contributed by atoms with Crippen LogP contribution in [0.2, 0.25) is 0 Å². The highest BCUT2D eigenvalue weighted by Crippen LogP contribution is 2.16. The summed E-state index contributed by atoms with van der Waals surface area (Å²) in [5, 5.41) is 0. The number of hydrogen-bond acceptors (Lipinski definition) is 0. The van der Waals surface area contributed by atoms with E-state index in [1.54, 1.807) is 5.56 Å². The van der Waals surface area contributed by atoms with Crippen LogP contribution in [-0.2, 0) is 12.8 Å². The van der Waals surface area contributed by atoms with Gasteiger partial charge in [0.1, 0.15) is 0 Å². The van der Waals surface area contributed by atoms with Crippen molar-refractivity contribution in [1.29, 1.82) is 0 Å². The zero-order valence-corrected chi connectivity index (χ0v) is 13.0. The van der Waals surface area contributed by atoms with Gasteiger partial charge in [-0.15, -0.1) is 0 Å². The van der Waals surface area contributed by atoms with Crippen molar-refractivity contribution in [1.82, 2.24) is 0 Å². The Morgan fingerprint density at radius 3 is 2.21 bits per heavy atom. The van der Waals surface area contributed by atoms with Crippen molar-refractivity contribution in [3.05, 3.63) is 35.4 Å². The molecule has 0 nitrogen and oxygen atoms in total. The number of hydrogen-bond donors (Lipinski definition) is 0. The normalized spacial score (nSPS) is 10.8. The highest BCUT2D eigenvalue weighted by Gasteiger charge is 2.02. The van der Waals surface area contributed by atoms with Crippen molar-refractivity contribution in [2.24, 2.45) is 0 Å². The van der Waals surface area contributed by atoms with E-state index in [9.17, 15) is 0 Å². The van der Waals surface area contributed by atoms with Crippen molar-refractivity contribution in [3.63, 3.8) is 0 Å². The molecular formula is C19H31. The van der Waals surface area contributed by atoms with E-state index >= 15 is 0 Å². The molecule has 19 heavy (non-hydrogen) atoms. The van der Waals surface area contributed by atoms with Crippen LogP contribution < -0.4 is 0 Å². The third-order valence-electron chi connectivity index (χ3n) is 3.87. The zero-order valence-electron chi connectivity index (χ0n) is 13.0. The molecule has 1 rings (SSSR count). The first-order chi connectivity index (χ1) is 9.38. The Kier molecular flexibility index (Phi) is 9.49. The van der Waals surface area contributed by atoms with Gasteiger partial charge in [0.25, 0.3) is 0 Å². The topological polar surface area (TPSA) is 0 Å². The first-order valence-electron chi connectivity index (χ1n) is 8.37. The SMILES string of the molecule is CCCCCCCCc1[c]cccc1CCCCC. The molecule has 0 N–H and O–H groups in total. The molecule has 0 fully saturated rings. The molecule has 0 aliphatic rings. The van der Waals surface area contributed by atoms with Crippen LogP contribution in [0.1, 0.15) is 82.8 Å². The van der Waals surface area contributed by atoms with Gasteiger partial charge in [-0.1, -0.05) is 77.0 Å². The molecule has 1 radical (unpaired) electrons. The third-order valence-corrected chi connectivity index (χ3v) is 3.87. The molecule has 0 bridgehead atoms. The second-order valence-electron chi connectivity index (χ2n) is 5.65. The lowest BCUT2D eigenvalue weighted by Crippen LogP contribution is -1.95. The Hall–Kier alpha value is -0.780. The average molecular weight is 259 g/mol. The van der Waals surface area contributed by atoms with E-state index in [1.807, 2.05) is 0 Å². The molecule has 107 valence electrons. The summed E-state index contributed by atoms with van der Waals surface area (Å²) < 4.78 is 0. The average Bonchev–Trinajstić information content (AvgIpc) is 2.44. The molecule has 0 aliphatic carbocycles. The summed E-state index contributed by atoms with van der Waals surface area (Å²) in [4.78, 5) is 0. The van der Waals surface area contributed by atoms with E-state index < -0.39 is 0 Å². The standard InChI is InChI=1S/C19H31/c1-3-5-7-8-9-11-15-19-17-13-12-16-18(19)14-10-6-4-2/h12-13,16H,3-11,14-15H2,1-2H3. The highest BCUT2D eigenvalue weighted by molar-refractivity contribution is 5.26. The summed E-state index contributed by atoms with van der Waals surface area (Å²) in [6, 6.07) is 9.99. The molecule has 0 amide bonds. The zero-order chi connectivity index (χ0) is 13.8. The fourth-order valence-corrected chi connectivity index (χ4v) is 2.62. The minimum atomic E-state index is 1.23. The smallest absolute Gasteiger partial charge is 0.0146 e. The van der Waals surface area contributed by atoms with Crippen molar-refractivity contribution >= 4 is 0 Å². The summed E-state index contributed by atoms with van der Waals surface area (Å²) in [5.74, 6) is 0. The highest BCUT2D eigenvalue weighted by atomic mass is 14.1. The van der Waals surface area contributed by atoms with Gasteiger partial charge in [-0.25, -0.2) is 0 Å². The minimum Gasteiger partial charge on any atom is -0.0654 e. The van der Waals surface area contributed by atoms with Crippen LogP contribution in [0, 0.1) is 6.07 Å². The Bertz CT molecular complexity index is 314. The van der Waals surface area contributed by atoms with Gasteiger partial charge in [0.15, 0.2) is 0 Å². The van der Waals surface area contributed by atoms with Gasteiger partial charge in [-0.3, -0.25) is 0 Å². The van der Waals surface area contributed by atoms with E-state index in [2.05, 4.69) is 38.1 Å². The Balaban J connectivity index is 2.27. The molecule has 0 unspecified atom stereocenters. The lowest BCUT2D eigenvalue weighted by molar-refractivity contribution is 0.605.